The van der Waals surface area contributed by atoms with Crippen LogP contribution in [0.3, 0.4) is 0 Å². The molecule has 0 fully saturated rings. The van der Waals surface area contributed by atoms with Crippen molar-refractivity contribution in [2.45, 2.75) is 0 Å². The van der Waals surface area contributed by atoms with E-state index in [0.29, 0.717) is 17.5 Å². The van der Waals surface area contributed by atoms with Gasteiger partial charge >= 0.3 is 0 Å². The summed E-state index contributed by atoms with van der Waals surface area (Å²) >= 11 is 0. The van der Waals surface area contributed by atoms with Crippen molar-refractivity contribution >= 4 is 32.7 Å². The zero-order valence-electron chi connectivity index (χ0n) is 28.6. The number of aromatic nitrogens is 3. The lowest BCUT2D eigenvalue weighted by atomic mass is 9.92. The number of rotatable bonds is 6. The summed E-state index contributed by atoms with van der Waals surface area (Å²) < 4.78 is 6.28. The Morgan fingerprint density at radius 2 is 0.792 bits per heavy atom. The molecule has 0 radical (unpaired) electrons. The minimum atomic E-state index is 0.583. The highest BCUT2D eigenvalue weighted by molar-refractivity contribution is 6.06. The molecule has 0 N–H and O–H groups in total. The number of fused-ring (bicyclic) bond motifs is 4. The van der Waals surface area contributed by atoms with Crippen LogP contribution in [0.25, 0.3) is 100 Å². The normalized spacial score (nSPS) is 11.4. The van der Waals surface area contributed by atoms with E-state index in [1.54, 1.807) is 0 Å². The van der Waals surface area contributed by atoms with E-state index in [9.17, 15) is 0 Å². The first-order chi connectivity index (χ1) is 26.2. The quantitative estimate of drug-likeness (QED) is 0.176. The summed E-state index contributed by atoms with van der Waals surface area (Å²) in [5, 5.41) is 4.54. The molecule has 2 heterocycles. The Bertz CT molecular complexity index is 2950. The van der Waals surface area contributed by atoms with Crippen LogP contribution in [-0.4, -0.2) is 15.0 Å². The van der Waals surface area contributed by atoms with E-state index in [4.69, 9.17) is 19.4 Å². The Balaban J connectivity index is 1.14. The van der Waals surface area contributed by atoms with Gasteiger partial charge in [-0.1, -0.05) is 146 Å². The highest BCUT2D eigenvalue weighted by Gasteiger charge is 2.16. The third kappa shape index (κ3) is 5.73. The van der Waals surface area contributed by atoms with E-state index in [2.05, 4.69) is 158 Å². The van der Waals surface area contributed by atoms with Crippen molar-refractivity contribution in [1.82, 2.24) is 15.0 Å². The molecule has 0 spiro atoms. The Kier molecular flexibility index (Phi) is 7.43. The van der Waals surface area contributed by atoms with Crippen LogP contribution in [0, 0.1) is 0 Å². The topological polar surface area (TPSA) is 51.8 Å². The number of benzene rings is 8. The first-order valence-corrected chi connectivity index (χ1v) is 17.8. The molecule has 8 aromatic carbocycles. The molecule has 0 amide bonds. The van der Waals surface area contributed by atoms with Gasteiger partial charge < -0.3 is 4.42 Å². The molecular weight excluding hydrogens is 647 g/mol. The molecule has 0 aliphatic carbocycles. The molecule has 10 aromatic rings. The molecular formula is C49H31N3O. The summed E-state index contributed by atoms with van der Waals surface area (Å²) in [6.45, 7) is 0. The second-order valence-corrected chi connectivity index (χ2v) is 13.3. The smallest absolute Gasteiger partial charge is 0.164 e. The van der Waals surface area contributed by atoms with Crippen LogP contribution in [0.15, 0.2) is 192 Å². The maximum atomic E-state index is 6.28. The summed E-state index contributed by atoms with van der Waals surface area (Å²) in [5.41, 5.74) is 11.2. The monoisotopic (exact) mass is 677 g/mol. The van der Waals surface area contributed by atoms with E-state index < -0.39 is 0 Å². The Hall–Kier alpha value is -7.17. The van der Waals surface area contributed by atoms with Crippen LogP contribution >= 0.6 is 0 Å². The van der Waals surface area contributed by atoms with Gasteiger partial charge in [-0.3, -0.25) is 0 Å². The number of furan rings is 1. The number of para-hydroxylation sites is 1. The van der Waals surface area contributed by atoms with Gasteiger partial charge in [0.25, 0.3) is 0 Å². The van der Waals surface area contributed by atoms with Crippen LogP contribution < -0.4 is 0 Å². The molecule has 0 aliphatic heterocycles. The maximum Gasteiger partial charge on any atom is 0.164 e. The SMILES string of the molecule is c1ccc(-c2cccc(-c3nc(-c4cccc(-c5cc(-c6ccccc6)cc6ccccc56)c4)nc(-c4ccc5c(c4)oc4ccccc45)n3)c2)cc1. The zero-order chi connectivity index (χ0) is 35.1. The second kappa shape index (κ2) is 12.9. The molecule has 4 nitrogen and oxygen atoms in total. The molecule has 248 valence electrons. The lowest BCUT2D eigenvalue weighted by molar-refractivity contribution is 0.669. The average Bonchev–Trinajstić information content (AvgIpc) is 3.62. The van der Waals surface area contributed by atoms with Gasteiger partial charge in [0.1, 0.15) is 11.2 Å². The van der Waals surface area contributed by atoms with E-state index in [1.165, 1.54) is 21.9 Å². The first-order valence-electron chi connectivity index (χ1n) is 17.8. The predicted octanol–water partition coefficient (Wildman–Crippen LogP) is 12.9. The summed E-state index contributed by atoms with van der Waals surface area (Å²) in [4.78, 5) is 15.4. The Morgan fingerprint density at radius 1 is 0.283 bits per heavy atom. The molecule has 0 saturated heterocycles. The van der Waals surface area contributed by atoms with Crippen LogP contribution in [-0.2, 0) is 0 Å². The molecule has 0 bridgehead atoms. The third-order valence-corrected chi connectivity index (χ3v) is 9.90. The Morgan fingerprint density at radius 3 is 1.51 bits per heavy atom. The number of nitrogens with zero attached hydrogens (tertiary/aromatic N) is 3. The molecule has 0 unspecified atom stereocenters. The molecule has 10 rings (SSSR count). The van der Waals surface area contributed by atoms with E-state index in [0.717, 1.165) is 60.9 Å². The summed E-state index contributed by atoms with van der Waals surface area (Å²) in [7, 11) is 0. The summed E-state index contributed by atoms with van der Waals surface area (Å²) in [6, 6.07) is 65.3. The minimum absolute atomic E-state index is 0.583. The average molecular weight is 678 g/mol. The lowest BCUT2D eigenvalue weighted by Crippen LogP contribution is -2.00. The zero-order valence-corrected chi connectivity index (χ0v) is 28.6. The number of hydrogen-bond donors (Lipinski definition) is 0. The molecule has 2 aromatic heterocycles. The minimum Gasteiger partial charge on any atom is -0.456 e. The first kappa shape index (κ1) is 30.6. The van der Waals surface area contributed by atoms with Crippen LogP contribution in [0.2, 0.25) is 0 Å². The molecule has 0 atom stereocenters. The van der Waals surface area contributed by atoms with E-state index >= 15 is 0 Å². The predicted molar refractivity (Wildman–Crippen MR) is 217 cm³/mol. The Labute approximate surface area is 306 Å². The van der Waals surface area contributed by atoms with Gasteiger partial charge in [0.05, 0.1) is 0 Å². The van der Waals surface area contributed by atoms with Crippen LogP contribution in [0.5, 0.6) is 0 Å². The second-order valence-electron chi connectivity index (χ2n) is 13.3. The fourth-order valence-corrected chi connectivity index (χ4v) is 7.27. The molecule has 53 heavy (non-hydrogen) atoms. The maximum absolute atomic E-state index is 6.28. The number of hydrogen-bond acceptors (Lipinski definition) is 4. The molecule has 0 saturated carbocycles. The van der Waals surface area contributed by atoms with Crippen molar-refractivity contribution in [1.29, 1.82) is 0 Å². The largest absolute Gasteiger partial charge is 0.456 e. The molecule has 4 heteroatoms. The van der Waals surface area contributed by atoms with Crippen molar-refractivity contribution in [2.75, 3.05) is 0 Å². The summed E-state index contributed by atoms with van der Waals surface area (Å²) in [6.07, 6.45) is 0. The van der Waals surface area contributed by atoms with Gasteiger partial charge in [-0.25, -0.2) is 15.0 Å². The van der Waals surface area contributed by atoms with Crippen molar-refractivity contribution < 1.29 is 4.42 Å². The van der Waals surface area contributed by atoms with Gasteiger partial charge in [0.15, 0.2) is 17.5 Å². The van der Waals surface area contributed by atoms with Crippen molar-refractivity contribution in [3.63, 3.8) is 0 Å². The fraction of sp³-hybridized carbons (Fsp3) is 0. The van der Waals surface area contributed by atoms with E-state index in [-0.39, 0.29) is 0 Å². The van der Waals surface area contributed by atoms with Gasteiger partial charge in [0.2, 0.25) is 0 Å². The van der Waals surface area contributed by atoms with Gasteiger partial charge in [-0.05, 0) is 86.6 Å². The van der Waals surface area contributed by atoms with Crippen LogP contribution in [0.1, 0.15) is 0 Å². The van der Waals surface area contributed by atoms with Crippen LogP contribution in [0.4, 0.5) is 0 Å². The van der Waals surface area contributed by atoms with Crippen molar-refractivity contribution in [3.05, 3.63) is 188 Å². The van der Waals surface area contributed by atoms with Gasteiger partial charge in [0, 0.05) is 27.5 Å². The van der Waals surface area contributed by atoms with Gasteiger partial charge in [-0.15, -0.1) is 0 Å². The summed E-state index contributed by atoms with van der Waals surface area (Å²) in [5.74, 6) is 1.79. The lowest BCUT2D eigenvalue weighted by Gasteiger charge is -2.13. The highest BCUT2D eigenvalue weighted by Crippen LogP contribution is 2.37. The van der Waals surface area contributed by atoms with E-state index in [1.807, 2.05) is 30.3 Å². The molecule has 0 aliphatic rings. The van der Waals surface area contributed by atoms with Crippen molar-refractivity contribution in [3.8, 4) is 67.5 Å². The standard InChI is InChI=1S/C49H31N3O/c1-3-13-32(14-4-1)34-18-11-20-37(27-34)47-50-48(52-49(51-47)39-25-26-43-42-23-9-10-24-45(42)53-46(43)31-39)38-21-12-19-36(28-38)44-30-40(33-15-5-2-6-16-33)29-35-17-7-8-22-41(35)44/h1-31H. The highest BCUT2D eigenvalue weighted by atomic mass is 16.3. The third-order valence-electron chi connectivity index (χ3n) is 9.90. The van der Waals surface area contributed by atoms with Gasteiger partial charge in [-0.2, -0.15) is 0 Å². The van der Waals surface area contributed by atoms with Crippen molar-refractivity contribution in [2.24, 2.45) is 0 Å². The fourth-order valence-electron chi connectivity index (χ4n) is 7.27.